The molecule has 264 valence electrons. The van der Waals surface area contributed by atoms with E-state index in [1.165, 1.54) is 0 Å². The summed E-state index contributed by atoms with van der Waals surface area (Å²) in [7, 11) is -4.03. The number of rotatable bonds is 13. The van der Waals surface area contributed by atoms with Gasteiger partial charge in [-0.25, -0.2) is 17.9 Å². The number of carbonyl (C=O) groups is 2. The lowest BCUT2D eigenvalue weighted by molar-refractivity contribution is -0.122. The summed E-state index contributed by atoms with van der Waals surface area (Å²) in [5.41, 5.74) is 11.3. The number of nitrogens with one attached hydrogen (secondary N) is 5. The Bertz CT molecular complexity index is 1760. The molecule has 7 N–H and O–H groups in total. The zero-order valence-corrected chi connectivity index (χ0v) is 29.7. The molecule has 0 aromatic heterocycles. The minimum Gasteiger partial charge on any atom is -0.487 e. The highest BCUT2D eigenvalue weighted by molar-refractivity contribution is 7.90. The monoisotopic (exact) mass is 692 g/mol. The number of amides is 2. The third-order valence-electron chi connectivity index (χ3n) is 8.64. The third-order valence-corrected chi connectivity index (χ3v) is 10.3. The van der Waals surface area contributed by atoms with E-state index in [1.54, 1.807) is 13.8 Å². The maximum Gasteiger partial charge on any atom is 0.407 e. The largest absolute Gasteiger partial charge is 0.487 e. The lowest BCUT2D eigenvalue weighted by Crippen LogP contribution is -2.43. The van der Waals surface area contributed by atoms with E-state index in [9.17, 15) is 18.0 Å². The van der Waals surface area contributed by atoms with E-state index in [0.29, 0.717) is 36.9 Å². The molecule has 3 aromatic rings. The summed E-state index contributed by atoms with van der Waals surface area (Å²) in [4.78, 5) is 24.7. The van der Waals surface area contributed by atoms with Crippen LogP contribution in [-0.2, 0) is 45.7 Å². The van der Waals surface area contributed by atoms with E-state index < -0.39 is 22.2 Å². The molecule has 0 saturated heterocycles. The Kier molecular flexibility index (Phi) is 12.3. The van der Waals surface area contributed by atoms with Gasteiger partial charge in [0.15, 0.2) is 0 Å². The number of hydrogen-bond donors (Lipinski definition) is 6. The van der Waals surface area contributed by atoms with Gasteiger partial charge in [0.25, 0.3) is 10.0 Å². The van der Waals surface area contributed by atoms with Crippen LogP contribution < -0.4 is 31.1 Å². The Hall–Kier alpha value is -4.62. The molecule has 4 rings (SSSR count). The topological polar surface area (TPSA) is 185 Å². The first-order chi connectivity index (χ1) is 23.2. The summed E-state index contributed by atoms with van der Waals surface area (Å²) in [5.74, 6) is 0.0798. The van der Waals surface area contributed by atoms with Crippen LogP contribution in [0.3, 0.4) is 0 Å². The Morgan fingerprint density at radius 3 is 2.20 bits per heavy atom. The zero-order chi connectivity index (χ0) is 35.8. The van der Waals surface area contributed by atoms with Gasteiger partial charge in [-0.3, -0.25) is 10.2 Å². The summed E-state index contributed by atoms with van der Waals surface area (Å²) >= 11 is 0. The first-order valence-corrected chi connectivity index (χ1v) is 17.9. The Labute approximate surface area is 289 Å². The molecule has 13 heteroatoms. The van der Waals surface area contributed by atoms with E-state index in [-0.39, 0.29) is 42.1 Å². The molecule has 1 atom stereocenters. The predicted octanol–water partition coefficient (Wildman–Crippen LogP) is 4.37. The summed E-state index contributed by atoms with van der Waals surface area (Å²) < 4.78 is 40.6. The van der Waals surface area contributed by atoms with Crippen LogP contribution >= 0.6 is 0 Å². The fourth-order valence-corrected chi connectivity index (χ4v) is 7.21. The molecule has 1 aliphatic rings. The molecule has 0 saturated carbocycles. The first kappa shape index (κ1) is 37.2. The highest BCUT2D eigenvalue weighted by Crippen LogP contribution is 2.42. The number of ether oxygens (including phenoxy) is 2. The van der Waals surface area contributed by atoms with Gasteiger partial charge in [-0.05, 0) is 99.2 Å². The second-order valence-corrected chi connectivity index (χ2v) is 14.6. The fraction of sp³-hybridized carbons (Fsp3) is 0.417. The van der Waals surface area contributed by atoms with Crippen molar-refractivity contribution in [3.05, 3.63) is 93.5 Å². The van der Waals surface area contributed by atoms with Gasteiger partial charge >= 0.3 is 6.09 Å². The number of nitrogens with two attached hydrogens (primary N) is 1. The molecule has 0 fully saturated rings. The predicted molar refractivity (Wildman–Crippen MR) is 189 cm³/mol. The third kappa shape index (κ3) is 10.2. The van der Waals surface area contributed by atoms with Crippen molar-refractivity contribution >= 4 is 28.0 Å². The molecular formula is C36H48N6O6S. The highest BCUT2D eigenvalue weighted by atomic mass is 32.2. The second-order valence-electron chi connectivity index (χ2n) is 13.0. The number of sulfonamides is 1. The average Bonchev–Trinajstić information content (AvgIpc) is 3.06. The Morgan fingerprint density at radius 1 is 0.918 bits per heavy atom. The average molecular weight is 693 g/mol. The minimum absolute atomic E-state index is 0.169. The number of benzene rings is 3. The van der Waals surface area contributed by atoms with Crippen LogP contribution in [0.2, 0.25) is 0 Å². The molecule has 0 bridgehead atoms. The second kappa shape index (κ2) is 16.2. The molecule has 0 spiro atoms. The van der Waals surface area contributed by atoms with Crippen LogP contribution in [0.15, 0.2) is 59.5 Å². The van der Waals surface area contributed by atoms with Crippen LogP contribution in [0.25, 0.3) is 0 Å². The molecule has 3 aromatic carbocycles. The van der Waals surface area contributed by atoms with E-state index >= 15 is 0 Å². The van der Waals surface area contributed by atoms with Gasteiger partial charge in [0.2, 0.25) is 11.9 Å². The van der Waals surface area contributed by atoms with Crippen molar-refractivity contribution in [3.8, 4) is 5.75 Å². The quantitative estimate of drug-likeness (QED) is 0.0867. The van der Waals surface area contributed by atoms with E-state index in [1.807, 2.05) is 75.4 Å². The molecule has 0 unspecified atom stereocenters. The molecule has 2 amide bonds. The molecule has 12 nitrogen and oxygen atoms in total. The van der Waals surface area contributed by atoms with Crippen molar-refractivity contribution in [2.45, 2.75) is 96.5 Å². The number of fused-ring (bicyclic) bond motifs is 1. The smallest absolute Gasteiger partial charge is 0.407 e. The van der Waals surface area contributed by atoms with Crippen molar-refractivity contribution < 1.29 is 27.5 Å². The summed E-state index contributed by atoms with van der Waals surface area (Å²) in [6, 6.07) is 16.1. The maximum atomic E-state index is 13.4. The first-order valence-electron chi connectivity index (χ1n) is 16.4. The van der Waals surface area contributed by atoms with Crippen LogP contribution in [0.1, 0.15) is 72.1 Å². The van der Waals surface area contributed by atoms with Crippen LogP contribution in [0, 0.1) is 26.2 Å². The summed E-state index contributed by atoms with van der Waals surface area (Å²) in [6.45, 7) is 10.5. The van der Waals surface area contributed by atoms with E-state index in [2.05, 4.69) is 20.7 Å². The molecular weight excluding hydrogens is 644 g/mol. The van der Waals surface area contributed by atoms with Gasteiger partial charge in [-0.2, -0.15) is 0 Å². The van der Waals surface area contributed by atoms with Gasteiger partial charge in [-0.1, -0.05) is 54.6 Å². The van der Waals surface area contributed by atoms with Gasteiger partial charge in [0.05, 0.1) is 10.9 Å². The molecule has 0 aliphatic carbocycles. The molecule has 1 aliphatic heterocycles. The number of carbonyl (C=O) groups excluding carboxylic acids is 2. The van der Waals surface area contributed by atoms with Crippen molar-refractivity contribution in [3.63, 3.8) is 0 Å². The Morgan fingerprint density at radius 2 is 1.55 bits per heavy atom. The van der Waals surface area contributed by atoms with Crippen LogP contribution in [0.4, 0.5) is 4.79 Å². The van der Waals surface area contributed by atoms with Crippen molar-refractivity contribution in [1.29, 1.82) is 5.41 Å². The van der Waals surface area contributed by atoms with Gasteiger partial charge < -0.3 is 31.2 Å². The lowest BCUT2D eigenvalue weighted by Gasteiger charge is -2.35. The minimum atomic E-state index is -4.03. The molecule has 49 heavy (non-hydrogen) atoms. The maximum absolute atomic E-state index is 13.4. The molecule has 0 radical (unpaired) electrons. The molecule has 1 heterocycles. The highest BCUT2D eigenvalue weighted by Gasteiger charge is 2.33. The number of alkyl carbamates (subject to hydrolysis) is 1. The SMILES string of the molecule is Cc1c(C)c(S(=O)(=O)NC(=N)NCCC[C@@H](N)C(=O)NCc2ccc(CNC(=O)OCc3ccccc3)cc2)c(C)c2c1OC(C)(C)CC2. The van der Waals surface area contributed by atoms with Crippen molar-refractivity contribution in [2.75, 3.05) is 6.54 Å². The zero-order valence-electron chi connectivity index (χ0n) is 28.9. The van der Waals surface area contributed by atoms with Gasteiger partial charge in [-0.15, -0.1) is 0 Å². The van der Waals surface area contributed by atoms with Gasteiger partial charge in [0.1, 0.15) is 18.0 Å². The van der Waals surface area contributed by atoms with E-state index in [0.717, 1.165) is 40.0 Å². The van der Waals surface area contributed by atoms with Crippen molar-refractivity contribution in [1.82, 2.24) is 20.7 Å². The van der Waals surface area contributed by atoms with Crippen molar-refractivity contribution in [2.24, 2.45) is 5.73 Å². The van der Waals surface area contributed by atoms with E-state index in [4.69, 9.17) is 20.6 Å². The number of guanidine groups is 1. The summed E-state index contributed by atoms with van der Waals surface area (Å²) in [5, 5.41) is 16.5. The normalized spacial score (nSPS) is 14.1. The Balaban J connectivity index is 1.16. The van der Waals surface area contributed by atoms with Gasteiger partial charge in [0, 0.05) is 19.6 Å². The van der Waals surface area contributed by atoms with Crippen LogP contribution in [0.5, 0.6) is 5.75 Å². The number of hydrogen-bond acceptors (Lipinski definition) is 8. The summed E-state index contributed by atoms with van der Waals surface area (Å²) in [6.07, 6.45) is 1.75. The fourth-order valence-electron chi connectivity index (χ4n) is 5.68. The lowest BCUT2D eigenvalue weighted by atomic mass is 9.88. The standard InChI is InChI=1S/C36H48N6O6S/c1-23-24(2)32(25(3)29-17-18-36(4,5)48-31(23)29)49(45,46)42-34(38)39-19-9-12-30(37)33(43)40-20-26-13-15-27(16-14-26)21-41-35(44)47-22-28-10-7-6-8-11-28/h6-8,10-11,13-16,30H,9,12,17-22,37H2,1-5H3,(H,40,43)(H,41,44)(H3,38,39,42)/t30-/m1/s1. The van der Waals surface area contributed by atoms with Crippen LogP contribution in [-0.4, -0.2) is 44.6 Å².